The molecule has 0 aliphatic carbocycles. The number of tetrazole rings is 1. The summed E-state index contributed by atoms with van der Waals surface area (Å²) in [4.78, 5) is 29.5. The molecule has 34 heavy (non-hydrogen) atoms. The number of carbonyl (C=O) groups is 2. The Morgan fingerprint density at radius 3 is 2.59 bits per heavy atom. The number of piperidine rings is 1. The van der Waals surface area contributed by atoms with Crippen LogP contribution in [-0.4, -0.2) is 65.6 Å². The van der Waals surface area contributed by atoms with Crippen molar-refractivity contribution >= 4 is 23.8 Å². The molecule has 1 saturated heterocycles. The van der Waals surface area contributed by atoms with Crippen LogP contribution >= 0.6 is 11.8 Å². The van der Waals surface area contributed by atoms with Gasteiger partial charge in [-0.2, -0.15) is 0 Å². The minimum absolute atomic E-state index is 0.0350. The zero-order valence-electron chi connectivity index (χ0n) is 18.8. The smallest absolute Gasteiger partial charge is 0.415 e. The third kappa shape index (κ3) is 6.53. The molecule has 1 fully saturated rings. The molecular formula is C23H26N6O4S. The summed E-state index contributed by atoms with van der Waals surface area (Å²) in [6, 6.07) is 11.6. The number of hydrogen-bond donors (Lipinski definition) is 1. The Kier molecular flexibility index (Phi) is 7.73. The van der Waals surface area contributed by atoms with Crippen LogP contribution in [0, 0.1) is 6.92 Å². The topological polar surface area (TPSA) is 123 Å². The molecule has 1 amide bonds. The van der Waals surface area contributed by atoms with Gasteiger partial charge in [0.15, 0.2) is 0 Å². The number of carboxylic acid groups (broad SMARTS) is 1. The number of pyridine rings is 1. The molecule has 0 saturated carbocycles. The van der Waals surface area contributed by atoms with Crippen molar-refractivity contribution in [3.05, 3.63) is 59.4 Å². The second kappa shape index (κ2) is 11.1. The predicted octanol–water partition coefficient (Wildman–Crippen LogP) is 3.20. The Balaban J connectivity index is 1.23. The first-order chi connectivity index (χ1) is 16.5. The summed E-state index contributed by atoms with van der Waals surface area (Å²) in [6.45, 7) is 3.39. The first-order valence-corrected chi connectivity index (χ1v) is 12.0. The normalized spacial score (nSPS) is 14.2. The molecule has 1 aromatic carbocycles. The molecule has 0 atom stereocenters. The second-order valence-electron chi connectivity index (χ2n) is 8.15. The van der Waals surface area contributed by atoms with Gasteiger partial charge in [-0.25, -0.2) is 9.48 Å². The van der Waals surface area contributed by atoms with Crippen molar-refractivity contribution < 1.29 is 19.4 Å². The van der Waals surface area contributed by atoms with Crippen LogP contribution in [0.1, 0.15) is 36.1 Å². The molecule has 0 spiro atoms. The molecule has 1 aliphatic heterocycles. The highest BCUT2D eigenvalue weighted by atomic mass is 32.2. The van der Waals surface area contributed by atoms with Crippen molar-refractivity contribution in [2.45, 2.75) is 49.6 Å². The molecule has 1 aliphatic rings. The van der Waals surface area contributed by atoms with Crippen molar-refractivity contribution in [3.8, 4) is 5.75 Å². The van der Waals surface area contributed by atoms with Gasteiger partial charge in [-0.05, 0) is 59.5 Å². The van der Waals surface area contributed by atoms with Crippen molar-refractivity contribution in [2.24, 2.45) is 0 Å². The fourth-order valence-corrected chi connectivity index (χ4v) is 4.66. The van der Waals surface area contributed by atoms with Crippen LogP contribution in [0.5, 0.6) is 5.75 Å². The van der Waals surface area contributed by atoms with E-state index in [2.05, 4.69) is 20.5 Å². The molecule has 10 nitrogen and oxygen atoms in total. The summed E-state index contributed by atoms with van der Waals surface area (Å²) in [5.74, 6) is -0.379. The summed E-state index contributed by atoms with van der Waals surface area (Å²) >= 11 is 1.52. The molecule has 0 radical (unpaired) electrons. The number of aryl methyl sites for hydroxylation is 2. The second-order valence-corrected chi connectivity index (χ2v) is 9.42. The summed E-state index contributed by atoms with van der Waals surface area (Å²) in [5, 5.41) is 21.2. The van der Waals surface area contributed by atoms with Gasteiger partial charge in [0.05, 0.1) is 13.0 Å². The van der Waals surface area contributed by atoms with E-state index in [1.165, 1.54) is 16.4 Å². The minimum atomic E-state index is -0.892. The Morgan fingerprint density at radius 2 is 1.91 bits per heavy atom. The van der Waals surface area contributed by atoms with Gasteiger partial charge in [0.2, 0.25) is 5.16 Å². The highest BCUT2D eigenvalue weighted by Crippen LogP contribution is 2.29. The lowest BCUT2D eigenvalue weighted by Gasteiger charge is -2.30. The molecule has 1 N–H and O–H groups in total. The van der Waals surface area contributed by atoms with Gasteiger partial charge in [-0.3, -0.25) is 9.78 Å². The maximum absolute atomic E-state index is 12.6. The first-order valence-electron chi connectivity index (χ1n) is 11.1. The number of benzene rings is 1. The van der Waals surface area contributed by atoms with Gasteiger partial charge >= 0.3 is 12.1 Å². The number of nitrogens with zero attached hydrogens (tertiary/aromatic N) is 6. The van der Waals surface area contributed by atoms with Gasteiger partial charge in [-0.1, -0.05) is 30.0 Å². The zero-order valence-corrected chi connectivity index (χ0v) is 19.6. The average Bonchev–Trinajstić information content (AvgIpc) is 3.28. The van der Waals surface area contributed by atoms with E-state index in [-0.39, 0.29) is 24.3 Å². The summed E-state index contributed by atoms with van der Waals surface area (Å²) in [7, 11) is 0. The third-order valence-corrected chi connectivity index (χ3v) is 6.80. The van der Waals surface area contributed by atoms with E-state index < -0.39 is 5.97 Å². The monoisotopic (exact) mass is 482 g/mol. The van der Waals surface area contributed by atoms with Gasteiger partial charge in [-0.15, -0.1) is 5.10 Å². The Labute approximate surface area is 201 Å². The van der Waals surface area contributed by atoms with E-state index in [1.807, 2.05) is 37.4 Å². The number of carbonyl (C=O) groups excluding carboxylic acids is 1. The number of aromatic nitrogens is 5. The van der Waals surface area contributed by atoms with E-state index in [1.54, 1.807) is 17.0 Å². The van der Waals surface area contributed by atoms with Crippen molar-refractivity contribution in [1.29, 1.82) is 0 Å². The Morgan fingerprint density at radius 1 is 1.15 bits per heavy atom. The summed E-state index contributed by atoms with van der Waals surface area (Å²) in [6.07, 6.45) is 3.73. The molecule has 2 aromatic heterocycles. The van der Waals surface area contributed by atoms with E-state index >= 15 is 0 Å². The van der Waals surface area contributed by atoms with Crippen LogP contribution in [-0.2, 0) is 17.8 Å². The molecule has 3 aromatic rings. The maximum Gasteiger partial charge on any atom is 0.415 e. The quantitative estimate of drug-likeness (QED) is 0.515. The lowest BCUT2D eigenvalue weighted by molar-refractivity contribution is -0.137. The maximum atomic E-state index is 12.6. The van der Waals surface area contributed by atoms with Crippen LogP contribution in [0.4, 0.5) is 4.79 Å². The van der Waals surface area contributed by atoms with Crippen molar-refractivity contribution in [3.63, 3.8) is 0 Å². The van der Waals surface area contributed by atoms with Crippen LogP contribution in [0.3, 0.4) is 0 Å². The number of aliphatic carboxylic acids is 1. The van der Waals surface area contributed by atoms with Gasteiger partial charge in [0.25, 0.3) is 0 Å². The summed E-state index contributed by atoms with van der Waals surface area (Å²) < 4.78 is 7.07. The van der Waals surface area contributed by atoms with E-state index in [4.69, 9.17) is 9.84 Å². The number of carboxylic acids is 1. The molecule has 3 heterocycles. The van der Waals surface area contributed by atoms with Crippen LogP contribution < -0.4 is 4.74 Å². The van der Waals surface area contributed by atoms with Crippen LogP contribution in [0.2, 0.25) is 0 Å². The predicted molar refractivity (Wildman–Crippen MR) is 125 cm³/mol. The Bertz CT molecular complexity index is 1110. The molecule has 0 unspecified atom stereocenters. The van der Waals surface area contributed by atoms with E-state index in [9.17, 15) is 9.59 Å². The number of amides is 1. The highest BCUT2D eigenvalue weighted by Gasteiger charge is 2.26. The van der Waals surface area contributed by atoms with Crippen molar-refractivity contribution in [1.82, 2.24) is 30.1 Å². The largest absolute Gasteiger partial charge is 0.481 e. The van der Waals surface area contributed by atoms with Gasteiger partial charge in [0.1, 0.15) is 5.75 Å². The number of thioether (sulfide) groups is 1. The number of ether oxygens (including phenoxy) is 1. The van der Waals surface area contributed by atoms with Gasteiger partial charge < -0.3 is 14.7 Å². The zero-order chi connectivity index (χ0) is 23.9. The molecular weight excluding hydrogens is 456 g/mol. The van der Waals surface area contributed by atoms with Crippen LogP contribution in [0.15, 0.2) is 47.8 Å². The van der Waals surface area contributed by atoms with Crippen LogP contribution in [0.25, 0.3) is 0 Å². The fraction of sp³-hybridized carbons (Fsp3) is 0.391. The SMILES string of the molecule is Cc1ccc(Cc2ccc(OC(=O)N3CCC(Sc4nnnn4CCC(=O)O)CC3)cc2)nc1. The molecule has 0 bridgehead atoms. The number of likely N-dealkylation sites (tertiary alicyclic amines) is 1. The van der Waals surface area contributed by atoms with E-state index in [0.717, 1.165) is 36.1 Å². The minimum Gasteiger partial charge on any atom is -0.481 e. The standard InChI is InChI=1S/C23H26N6O4S/c1-16-2-5-18(24-15-16)14-17-3-6-19(7-4-17)33-23(32)28-11-8-20(9-12-28)34-22-25-26-27-29(22)13-10-21(30)31/h2-7,15,20H,8-14H2,1H3,(H,30,31). The van der Waals surface area contributed by atoms with Gasteiger partial charge in [0, 0.05) is 36.7 Å². The average molecular weight is 483 g/mol. The molecule has 4 rings (SSSR count). The Hall–Kier alpha value is -3.47. The highest BCUT2D eigenvalue weighted by molar-refractivity contribution is 7.99. The number of rotatable bonds is 8. The fourth-order valence-electron chi connectivity index (χ4n) is 3.58. The number of hydrogen-bond acceptors (Lipinski definition) is 8. The third-order valence-electron chi connectivity index (χ3n) is 5.50. The van der Waals surface area contributed by atoms with Crippen molar-refractivity contribution in [2.75, 3.05) is 13.1 Å². The molecule has 178 valence electrons. The molecule has 11 heteroatoms. The summed E-state index contributed by atoms with van der Waals surface area (Å²) in [5.41, 5.74) is 3.22. The first kappa shape index (κ1) is 23.7. The lowest BCUT2D eigenvalue weighted by atomic mass is 10.1. The van der Waals surface area contributed by atoms with E-state index in [0.29, 0.717) is 24.0 Å². The lowest BCUT2D eigenvalue weighted by Crippen LogP contribution is -2.41.